The second kappa shape index (κ2) is 5.03. The van der Waals surface area contributed by atoms with Crippen LogP contribution in [0.15, 0.2) is 11.6 Å². The number of likely N-dealkylation sites (tertiary alicyclic amines) is 1. The third kappa shape index (κ3) is 2.75. The van der Waals surface area contributed by atoms with E-state index in [-0.39, 0.29) is 0 Å². The monoisotopic (exact) mass is 217 g/mol. The van der Waals surface area contributed by atoms with Crippen molar-refractivity contribution in [3.63, 3.8) is 0 Å². The Morgan fingerprint density at radius 3 is 3.07 bits per heavy atom. The van der Waals surface area contributed by atoms with Crippen molar-refractivity contribution in [2.75, 3.05) is 26.3 Å². The summed E-state index contributed by atoms with van der Waals surface area (Å²) < 4.78 is 30.6. The number of nitrogens with zero attached hydrogens (tertiary/aromatic N) is 1. The zero-order chi connectivity index (χ0) is 10.7. The molecule has 4 heteroatoms. The van der Waals surface area contributed by atoms with Gasteiger partial charge in [0.25, 0.3) is 6.43 Å². The first-order valence-electron chi connectivity index (χ1n) is 5.55. The van der Waals surface area contributed by atoms with E-state index < -0.39 is 12.5 Å². The predicted octanol–water partition coefficient (Wildman–Crippen LogP) is 2.06. The SMILES string of the molecule is FC(F)[C@H]1CCCN1CC1=CCCOC1. The summed E-state index contributed by atoms with van der Waals surface area (Å²) in [6.07, 6.45) is 2.36. The van der Waals surface area contributed by atoms with Crippen LogP contribution in [-0.2, 0) is 4.74 Å². The molecule has 0 bridgehead atoms. The molecule has 1 saturated heterocycles. The van der Waals surface area contributed by atoms with Crippen molar-refractivity contribution in [1.29, 1.82) is 0 Å². The van der Waals surface area contributed by atoms with Crippen LogP contribution < -0.4 is 0 Å². The van der Waals surface area contributed by atoms with E-state index in [1.165, 1.54) is 0 Å². The van der Waals surface area contributed by atoms with Crippen LogP contribution in [0.5, 0.6) is 0 Å². The van der Waals surface area contributed by atoms with E-state index in [2.05, 4.69) is 6.08 Å². The van der Waals surface area contributed by atoms with Crippen molar-refractivity contribution in [3.8, 4) is 0 Å². The second-order valence-corrected chi connectivity index (χ2v) is 4.22. The van der Waals surface area contributed by atoms with Gasteiger partial charge in [-0.1, -0.05) is 6.08 Å². The molecule has 0 radical (unpaired) electrons. The molecule has 1 atom stereocenters. The lowest BCUT2D eigenvalue weighted by Gasteiger charge is -2.26. The molecule has 0 amide bonds. The van der Waals surface area contributed by atoms with E-state index in [1.807, 2.05) is 4.90 Å². The van der Waals surface area contributed by atoms with Crippen molar-refractivity contribution in [3.05, 3.63) is 11.6 Å². The highest BCUT2D eigenvalue weighted by atomic mass is 19.3. The summed E-state index contributed by atoms with van der Waals surface area (Å²) in [4.78, 5) is 1.89. The smallest absolute Gasteiger partial charge is 0.253 e. The number of ether oxygens (including phenoxy) is 1. The molecule has 0 unspecified atom stereocenters. The molecule has 0 aromatic rings. The topological polar surface area (TPSA) is 12.5 Å². The molecule has 2 rings (SSSR count). The van der Waals surface area contributed by atoms with E-state index >= 15 is 0 Å². The van der Waals surface area contributed by atoms with Gasteiger partial charge in [-0.3, -0.25) is 4.90 Å². The van der Waals surface area contributed by atoms with Gasteiger partial charge in [-0.2, -0.15) is 0 Å². The highest BCUT2D eigenvalue weighted by Gasteiger charge is 2.32. The lowest BCUT2D eigenvalue weighted by molar-refractivity contribution is 0.0483. The van der Waals surface area contributed by atoms with E-state index in [1.54, 1.807) is 0 Å². The number of hydrogen-bond acceptors (Lipinski definition) is 2. The maximum atomic E-state index is 12.7. The molecular formula is C11H17F2NO. The predicted molar refractivity (Wildman–Crippen MR) is 54.1 cm³/mol. The minimum Gasteiger partial charge on any atom is -0.377 e. The first kappa shape index (κ1) is 11.0. The number of hydrogen-bond donors (Lipinski definition) is 0. The lowest BCUT2D eigenvalue weighted by Crippen LogP contribution is -2.37. The van der Waals surface area contributed by atoms with Gasteiger partial charge in [-0.05, 0) is 31.4 Å². The third-order valence-corrected chi connectivity index (χ3v) is 3.09. The highest BCUT2D eigenvalue weighted by molar-refractivity contribution is 5.08. The Morgan fingerprint density at radius 1 is 1.53 bits per heavy atom. The van der Waals surface area contributed by atoms with Crippen molar-refractivity contribution < 1.29 is 13.5 Å². The van der Waals surface area contributed by atoms with Crippen molar-refractivity contribution in [2.45, 2.75) is 31.7 Å². The van der Waals surface area contributed by atoms with Crippen LogP contribution >= 0.6 is 0 Å². The molecule has 0 N–H and O–H groups in total. The fourth-order valence-corrected chi connectivity index (χ4v) is 2.31. The fourth-order valence-electron chi connectivity index (χ4n) is 2.31. The van der Waals surface area contributed by atoms with Crippen molar-refractivity contribution in [1.82, 2.24) is 4.90 Å². The standard InChI is InChI=1S/C11H17F2NO/c12-11(13)10-4-1-5-14(10)7-9-3-2-6-15-8-9/h3,10-11H,1-2,4-8H2/t10-/m1/s1. The Morgan fingerprint density at radius 2 is 2.40 bits per heavy atom. The van der Waals surface area contributed by atoms with Gasteiger partial charge in [0.15, 0.2) is 0 Å². The molecule has 1 fully saturated rings. The molecule has 86 valence electrons. The first-order chi connectivity index (χ1) is 7.27. The van der Waals surface area contributed by atoms with E-state index in [0.717, 1.165) is 31.6 Å². The summed E-state index contributed by atoms with van der Waals surface area (Å²) in [7, 11) is 0. The van der Waals surface area contributed by atoms with Gasteiger partial charge in [-0.15, -0.1) is 0 Å². The Labute approximate surface area is 88.9 Å². The molecule has 2 aliphatic heterocycles. The van der Waals surface area contributed by atoms with Gasteiger partial charge in [0.05, 0.1) is 19.3 Å². The molecule has 0 aliphatic carbocycles. The zero-order valence-electron chi connectivity index (χ0n) is 8.79. The molecule has 2 heterocycles. The van der Waals surface area contributed by atoms with Gasteiger partial charge in [0.1, 0.15) is 0 Å². The Hall–Kier alpha value is -0.480. The number of alkyl halides is 2. The van der Waals surface area contributed by atoms with Crippen LogP contribution in [0.1, 0.15) is 19.3 Å². The maximum Gasteiger partial charge on any atom is 0.253 e. The average molecular weight is 217 g/mol. The minimum absolute atomic E-state index is 0.534. The largest absolute Gasteiger partial charge is 0.377 e. The quantitative estimate of drug-likeness (QED) is 0.671. The van der Waals surface area contributed by atoms with Crippen LogP contribution in [-0.4, -0.2) is 43.7 Å². The molecule has 0 saturated carbocycles. The van der Waals surface area contributed by atoms with E-state index in [0.29, 0.717) is 19.6 Å². The second-order valence-electron chi connectivity index (χ2n) is 4.22. The van der Waals surface area contributed by atoms with Gasteiger partial charge in [0, 0.05) is 6.54 Å². The van der Waals surface area contributed by atoms with Crippen LogP contribution in [0.3, 0.4) is 0 Å². The summed E-state index contributed by atoms with van der Waals surface area (Å²) in [5.74, 6) is 0. The average Bonchev–Trinajstić information content (AvgIpc) is 2.67. The van der Waals surface area contributed by atoms with Gasteiger partial charge in [0.2, 0.25) is 0 Å². The molecule has 2 aliphatic rings. The first-order valence-corrected chi connectivity index (χ1v) is 5.55. The van der Waals surface area contributed by atoms with Crippen LogP contribution in [0.25, 0.3) is 0 Å². The van der Waals surface area contributed by atoms with Crippen LogP contribution in [0.2, 0.25) is 0 Å². The van der Waals surface area contributed by atoms with Gasteiger partial charge in [-0.25, -0.2) is 8.78 Å². The van der Waals surface area contributed by atoms with Crippen molar-refractivity contribution >= 4 is 0 Å². The van der Waals surface area contributed by atoms with Crippen molar-refractivity contribution in [2.24, 2.45) is 0 Å². The highest BCUT2D eigenvalue weighted by Crippen LogP contribution is 2.24. The minimum atomic E-state index is -2.21. The third-order valence-electron chi connectivity index (χ3n) is 3.09. The Bertz CT molecular complexity index is 243. The van der Waals surface area contributed by atoms with Gasteiger partial charge < -0.3 is 4.74 Å². The molecule has 2 nitrogen and oxygen atoms in total. The summed E-state index contributed by atoms with van der Waals surface area (Å²) in [6.45, 7) is 2.84. The zero-order valence-corrected chi connectivity index (χ0v) is 8.79. The number of halogens is 2. The summed E-state index contributed by atoms with van der Waals surface area (Å²) in [5.41, 5.74) is 1.16. The van der Waals surface area contributed by atoms with Gasteiger partial charge >= 0.3 is 0 Å². The molecule has 0 aromatic carbocycles. The lowest BCUT2D eigenvalue weighted by atomic mass is 10.1. The summed E-state index contributed by atoms with van der Waals surface area (Å²) in [5, 5.41) is 0. The van der Waals surface area contributed by atoms with Crippen LogP contribution in [0, 0.1) is 0 Å². The fraction of sp³-hybridized carbons (Fsp3) is 0.818. The molecule has 0 aromatic heterocycles. The van der Waals surface area contributed by atoms with E-state index in [9.17, 15) is 8.78 Å². The molecular weight excluding hydrogens is 200 g/mol. The van der Waals surface area contributed by atoms with Crippen LogP contribution in [0.4, 0.5) is 8.78 Å². The molecule has 0 spiro atoms. The van der Waals surface area contributed by atoms with E-state index in [4.69, 9.17) is 4.74 Å². The Kier molecular flexibility index (Phi) is 3.70. The number of rotatable bonds is 3. The molecule has 15 heavy (non-hydrogen) atoms. The normalized spacial score (nSPS) is 28.5. The maximum absolute atomic E-state index is 12.7. The summed E-state index contributed by atoms with van der Waals surface area (Å²) >= 11 is 0. The summed E-state index contributed by atoms with van der Waals surface area (Å²) in [6, 6.07) is -0.534. The Balaban J connectivity index is 1.90.